The third-order valence-corrected chi connectivity index (χ3v) is 6.78. The maximum Gasteiger partial charge on any atom is 0.165 e. The van der Waals surface area contributed by atoms with Gasteiger partial charge in [0, 0.05) is 39.6 Å². The van der Waals surface area contributed by atoms with Crippen LogP contribution in [0.4, 0.5) is 0 Å². The quantitative estimate of drug-likeness (QED) is 0.270. The van der Waals surface area contributed by atoms with Gasteiger partial charge in [0.2, 0.25) is 0 Å². The summed E-state index contributed by atoms with van der Waals surface area (Å²) in [4.78, 5) is 14.6. The smallest absolute Gasteiger partial charge is 0.165 e. The van der Waals surface area contributed by atoms with E-state index in [1.807, 2.05) is 30.6 Å². The molecule has 0 bridgehead atoms. The summed E-state index contributed by atoms with van der Waals surface area (Å²) in [5.74, 6) is 0. The van der Waals surface area contributed by atoms with Gasteiger partial charge < -0.3 is 4.57 Å². The predicted molar refractivity (Wildman–Crippen MR) is 138 cm³/mol. The number of nitrogens with zero attached hydrogens (tertiary/aromatic N) is 5. The second-order valence-electron chi connectivity index (χ2n) is 8.56. The van der Waals surface area contributed by atoms with Crippen molar-refractivity contribution in [2.24, 2.45) is 0 Å². The van der Waals surface area contributed by atoms with Crippen LogP contribution in [0.2, 0.25) is 0 Å². The molecule has 0 aliphatic rings. The Labute approximate surface area is 193 Å². The van der Waals surface area contributed by atoms with E-state index in [1.165, 1.54) is 16.3 Å². The fraction of sp³-hybridized carbons (Fsp3) is 0. The molecule has 0 amide bonds. The number of imidazole rings is 1. The van der Waals surface area contributed by atoms with Gasteiger partial charge in [0.25, 0.3) is 0 Å². The first-order valence-corrected chi connectivity index (χ1v) is 11.3. The zero-order valence-electron chi connectivity index (χ0n) is 18.1. The number of benzene rings is 3. The van der Waals surface area contributed by atoms with Gasteiger partial charge in [-0.05, 0) is 54.6 Å². The van der Waals surface area contributed by atoms with Crippen molar-refractivity contribution in [2.75, 3.05) is 0 Å². The van der Waals surface area contributed by atoms with Crippen molar-refractivity contribution >= 4 is 60.4 Å². The van der Waals surface area contributed by atoms with Crippen LogP contribution in [0.15, 0.2) is 103 Å². The SMILES string of the molecule is c1ccc(-n2c3ccccc3c3c4c(ccc32)c2ncccc2n2c3ncccc3nc42)cc1. The minimum Gasteiger partial charge on any atom is -0.309 e. The molecule has 0 radical (unpaired) electrons. The van der Waals surface area contributed by atoms with Gasteiger partial charge in [0.1, 0.15) is 11.2 Å². The highest BCUT2D eigenvalue weighted by molar-refractivity contribution is 6.29. The van der Waals surface area contributed by atoms with Crippen molar-refractivity contribution in [3.63, 3.8) is 0 Å². The summed E-state index contributed by atoms with van der Waals surface area (Å²) in [5, 5.41) is 4.59. The zero-order chi connectivity index (χ0) is 22.2. The van der Waals surface area contributed by atoms with Gasteiger partial charge in [-0.15, -0.1) is 0 Å². The molecule has 0 aliphatic carbocycles. The summed E-state index contributed by atoms with van der Waals surface area (Å²) in [5.41, 5.74) is 8.06. The van der Waals surface area contributed by atoms with Crippen molar-refractivity contribution in [1.29, 1.82) is 0 Å². The van der Waals surface area contributed by atoms with Crippen molar-refractivity contribution in [3.8, 4) is 5.69 Å². The summed E-state index contributed by atoms with van der Waals surface area (Å²) in [7, 11) is 0. The van der Waals surface area contributed by atoms with E-state index in [0.717, 1.165) is 49.8 Å². The first-order valence-electron chi connectivity index (χ1n) is 11.3. The number of hydrogen-bond acceptors (Lipinski definition) is 3. The average Bonchev–Trinajstić information content (AvgIpc) is 3.45. The number of pyridine rings is 3. The molecule has 158 valence electrons. The second-order valence-corrected chi connectivity index (χ2v) is 8.56. The summed E-state index contributed by atoms with van der Waals surface area (Å²) in [6, 6.07) is 31.6. The van der Waals surface area contributed by atoms with Crippen LogP contribution in [0.5, 0.6) is 0 Å². The van der Waals surface area contributed by atoms with E-state index in [4.69, 9.17) is 9.97 Å². The minimum absolute atomic E-state index is 0.848. The molecule has 5 aromatic heterocycles. The lowest BCUT2D eigenvalue weighted by Gasteiger charge is -2.10. The highest BCUT2D eigenvalue weighted by Crippen LogP contribution is 2.40. The molecule has 0 saturated carbocycles. The molecular weight excluding hydrogens is 418 g/mol. The monoisotopic (exact) mass is 435 g/mol. The molecule has 0 fully saturated rings. The maximum atomic E-state index is 5.10. The summed E-state index contributed by atoms with van der Waals surface area (Å²) >= 11 is 0. The standard InChI is InChI=1S/C29H17N5/c1-2-8-18(9-3-1)33-22-12-5-4-10-19(22)25-23(33)15-14-20-26(25)29-32-21-11-6-17-31-28(21)34(29)24-13-7-16-30-27(20)24/h1-17H. The van der Waals surface area contributed by atoms with Crippen LogP contribution in [-0.2, 0) is 0 Å². The first-order chi connectivity index (χ1) is 16.9. The molecule has 0 N–H and O–H groups in total. The summed E-state index contributed by atoms with van der Waals surface area (Å²) < 4.78 is 4.50. The van der Waals surface area contributed by atoms with E-state index in [2.05, 4.69) is 86.7 Å². The van der Waals surface area contributed by atoms with E-state index < -0.39 is 0 Å². The molecule has 0 atom stereocenters. The van der Waals surface area contributed by atoms with Crippen LogP contribution in [0, 0.1) is 0 Å². The maximum absolute atomic E-state index is 5.10. The Morgan fingerprint density at radius 3 is 2.26 bits per heavy atom. The Kier molecular flexibility index (Phi) is 3.34. The Morgan fingerprint density at radius 2 is 1.32 bits per heavy atom. The minimum atomic E-state index is 0.848. The van der Waals surface area contributed by atoms with Crippen LogP contribution < -0.4 is 0 Å². The van der Waals surface area contributed by atoms with E-state index in [-0.39, 0.29) is 0 Å². The largest absolute Gasteiger partial charge is 0.309 e. The zero-order valence-corrected chi connectivity index (χ0v) is 18.1. The molecule has 5 heterocycles. The Bertz CT molecular complexity index is 2070. The molecule has 8 aromatic rings. The van der Waals surface area contributed by atoms with E-state index >= 15 is 0 Å². The third-order valence-electron chi connectivity index (χ3n) is 6.78. The topological polar surface area (TPSA) is 48.0 Å². The molecule has 0 spiro atoms. The average molecular weight is 435 g/mol. The second kappa shape index (κ2) is 6.39. The van der Waals surface area contributed by atoms with Crippen molar-refractivity contribution in [3.05, 3.63) is 103 Å². The van der Waals surface area contributed by atoms with Crippen LogP contribution in [0.25, 0.3) is 66.1 Å². The Morgan fingerprint density at radius 1 is 0.529 bits per heavy atom. The molecule has 0 aliphatic heterocycles. The normalized spacial score (nSPS) is 12.1. The lowest BCUT2D eigenvalue weighted by Crippen LogP contribution is -1.95. The van der Waals surface area contributed by atoms with Gasteiger partial charge >= 0.3 is 0 Å². The van der Waals surface area contributed by atoms with Gasteiger partial charge in [-0.3, -0.25) is 9.38 Å². The van der Waals surface area contributed by atoms with E-state index in [1.54, 1.807) is 0 Å². The van der Waals surface area contributed by atoms with Gasteiger partial charge in [-0.25, -0.2) is 9.97 Å². The summed E-state index contributed by atoms with van der Waals surface area (Å²) in [6.45, 7) is 0. The third kappa shape index (κ3) is 2.16. The number of aromatic nitrogens is 5. The lowest BCUT2D eigenvalue weighted by atomic mass is 10.0. The molecular formula is C29H17N5. The van der Waals surface area contributed by atoms with E-state index in [9.17, 15) is 0 Å². The molecule has 5 heteroatoms. The number of hydrogen-bond donors (Lipinski definition) is 0. The number of rotatable bonds is 1. The van der Waals surface area contributed by atoms with Crippen LogP contribution >= 0.6 is 0 Å². The predicted octanol–water partition coefficient (Wildman–Crippen LogP) is 6.68. The molecule has 8 rings (SSSR count). The van der Waals surface area contributed by atoms with E-state index in [0.29, 0.717) is 0 Å². The van der Waals surface area contributed by atoms with Crippen LogP contribution in [0.1, 0.15) is 0 Å². The van der Waals surface area contributed by atoms with Gasteiger partial charge in [0.15, 0.2) is 5.65 Å². The van der Waals surface area contributed by atoms with Crippen molar-refractivity contribution in [2.45, 2.75) is 0 Å². The molecule has 3 aromatic carbocycles. The highest BCUT2D eigenvalue weighted by atomic mass is 15.1. The first kappa shape index (κ1) is 17.7. The molecule has 0 saturated heterocycles. The number of para-hydroxylation sites is 2. The fourth-order valence-electron chi connectivity index (χ4n) is 5.44. The highest BCUT2D eigenvalue weighted by Gasteiger charge is 2.21. The van der Waals surface area contributed by atoms with Gasteiger partial charge in [0.05, 0.1) is 22.1 Å². The fourth-order valence-corrected chi connectivity index (χ4v) is 5.44. The van der Waals surface area contributed by atoms with Crippen LogP contribution in [-0.4, -0.2) is 23.9 Å². The lowest BCUT2D eigenvalue weighted by molar-refractivity contribution is 1.18. The molecule has 34 heavy (non-hydrogen) atoms. The van der Waals surface area contributed by atoms with Gasteiger partial charge in [-0.1, -0.05) is 36.4 Å². The van der Waals surface area contributed by atoms with Crippen molar-refractivity contribution in [1.82, 2.24) is 23.9 Å². The number of fused-ring (bicyclic) bond motifs is 12. The van der Waals surface area contributed by atoms with Gasteiger partial charge in [-0.2, -0.15) is 0 Å². The summed E-state index contributed by atoms with van der Waals surface area (Å²) in [6.07, 6.45) is 3.68. The Balaban J connectivity index is 1.73. The molecule has 0 unspecified atom stereocenters. The Hall–Kier alpha value is -4.77. The molecule has 5 nitrogen and oxygen atoms in total. The van der Waals surface area contributed by atoms with Crippen LogP contribution in [0.3, 0.4) is 0 Å². The van der Waals surface area contributed by atoms with Crippen molar-refractivity contribution < 1.29 is 0 Å².